The highest BCUT2D eigenvalue weighted by atomic mass is 19.1. The van der Waals surface area contributed by atoms with E-state index in [0.29, 0.717) is 24.7 Å². The molecule has 2 aromatic rings. The normalized spacial score (nSPS) is 22.3. The smallest absolute Gasteiger partial charge is 0.217 e. The van der Waals surface area contributed by atoms with Crippen molar-refractivity contribution >= 4 is 0 Å². The summed E-state index contributed by atoms with van der Waals surface area (Å²) in [7, 11) is 0. The molecule has 0 spiro atoms. The van der Waals surface area contributed by atoms with Crippen LogP contribution in [0.25, 0.3) is 0 Å². The minimum Gasteiger partial charge on any atom is -0.489 e. The maximum atomic E-state index is 14.4. The lowest BCUT2D eigenvalue weighted by Crippen LogP contribution is -2.35. The first-order chi connectivity index (χ1) is 12.5. The van der Waals surface area contributed by atoms with Gasteiger partial charge < -0.3 is 9.47 Å². The lowest BCUT2D eigenvalue weighted by atomic mass is 10.1. The Kier molecular flexibility index (Phi) is 4.53. The zero-order chi connectivity index (χ0) is 18.3. The van der Waals surface area contributed by atoms with Gasteiger partial charge in [0.15, 0.2) is 0 Å². The molecule has 2 aliphatic rings. The van der Waals surface area contributed by atoms with Crippen LogP contribution in [0.1, 0.15) is 36.0 Å². The Morgan fingerprint density at radius 1 is 1.23 bits per heavy atom. The minimum atomic E-state index is -0.244. The van der Waals surface area contributed by atoms with Gasteiger partial charge in [0.25, 0.3) is 0 Å². The van der Waals surface area contributed by atoms with Gasteiger partial charge in [0.1, 0.15) is 17.7 Å². The van der Waals surface area contributed by atoms with E-state index in [9.17, 15) is 4.39 Å². The predicted octanol–water partition coefficient (Wildman–Crippen LogP) is 3.21. The van der Waals surface area contributed by atoms with Crippen molar-refractivity contribution < 1.29 is 13.9 Å². The average Bonchev–Trinajstić information content (AvgIpc) is 3.15. The second-order valence-electron chi connectivity index (χ2n) is 7.22. The van der Waals surface area contributed by atoms with Crippen molar-refractivity contribution in [3.8, 4) is 11.6 Å². The first kappa shape index (κ1) is 17.2. The first-order valence-electron chi connectivity index (χ1n) is 9.16. The van der Waals surface area contributed by atoms with E-state index in [0.717, 1.165) is 42.1 Å². The number of rotatable bonds is 4. The van der Waals surface area contributed by atoms with Crippen molar-refractivity contribution in [1.29, 1.82) is 0 Å². The van der Waals surface area contributed by atoms with Gasteiger partial charge in [0.2, 0.25) is 5.88 Å². The van der Waals surface area contributed by atoms with E-state index in [4.69, 9.17) is 9.47 Å². The van der Waals surface area contributed by atoms with E-state index in [1.165, 1.54) is 0 Å². The van der Waals surface area contributed by atoms with Crippen LogP contribution >= 0.6 is 0 Å². The summed E-state index contributed by atoms with van der Waals surface area (Å²) in [5.74, 6) is 1.19. The molecule has 1 fully saturated rings. The molecular weight excluding hydrogens is 333 g/mol. The molecule has 0 aromatic carbocycles. The number of aromatic nitrogens is 2. The predicted molar refractivity (Wildman–Crippen MR) is 96.0 cm³/mol. The van der Waals surface area contributed by atoms with E-state index >= 15 is 0 Å². The summed E-state index contributed by atoms with van der Waals surface area (Å²) in [6.07, 6.45) is 1.72. The molecule has 1 saturated heterocycles. The third-order valence-corrected chi connectivity index (χ3v) is 5.21. The van der Waals surface area contributed by atoms with E-state index in [2.05, 4.69) is 21.8 Å². The van der Waals surface area contributed by atoms with Crippen LogP contribution in [0.15, 0.2) is 18.2 Å². The fourth-order valence-corrected chi connectivity index (χ4v) is 3.80. The molecule has 0 amide bonds. The van der Waals surface area contributed by atoms with Gasteiger partial charge in [-0.1, -0.05) is 0 Å². The Bertz CT molecular complexity index is 807. The van der Waals surface area contributed by atoms with Crippen molar-refractivity contribution in [2.45, 2.75) is 52.3 Å². The molecule has 2 atom stereocenters. The maximum absolute atomic E-state index is 14.4. The van der Waals surface area contributed by atoms with Gasteiger partial charge in [0, 0.05) is 54.6 Å². The lowest BCUT2D eigenvalue weighted by molar-refractivity contribution is 0.141. The third-order valence-electron chi connectivity index (χ3n) is 5.21. The molecule has 2 aromatic heterocycles. The van der Waals surface area contributed by atoms with Gasteiger partial charge in [-0.3, -0.25) is 9.88 Å². The molecule has 0 aliphatic carbocycles. The van der Waals surface area contributed by atoms with E-state index < -0.39 is 0 Å². The van der Waals surface area contributed by atoms with Crippen LogP contribution in [0.2, 0.25) is 0 Å². The Hall–Kier alpha value is -2.21. The summed E-state index contributed by atoms with van der Waals surface area (Å²) in [6.45, 7) is 7.97. The van der Waals surface area contributed by atoms with Crippen molar-refractivity contribution in [3.05, 3.63) is 46.7 Å². The molecule has 5 nitrogen and oxygen atoms in total. The third kappa shape index (κ3) is 3.38. The largest absolute Gasteiger partial charge is 0.489 e. The summed E-state index contributed by atoms with van der Waals surface area (Å²) in [4.78, 5) is 11.0. The van der Waals surface area contributed by atoms with E-state index in [1.54, 1.807) is 6.07 Å². The molecule has 6 heteroatoms. The van der Waals surface area contributed by atoms with E-state index in [1.807, 2.05) is 26.0 Å². The number of aryl methyl sites for hydroxylation is 2. The highest BCUT2D eigenvalue weighted by molar-refractivity contribution is 5.32. The van der Waals surface area contributed by atoms with Crippen LogP contribution in [-0.4, -0.2) is 40.2 Å². The molecule has 26 heavy (non-hydrogen) atoms. The van der Waals surface area contributed by atoms with Crippen molar-refractivity contribution in [1.82, 2.24) is 14.9 Å². The van der Waals surface area contributed by atoms with Crippen LogP contribution < -0.4 is 9.47 Å². The fraction of sp³-hybridized carbons (Fsp3) is 0.500. The zero-order valence-corrected chi connectivity index (χ0v) is 15.5. The summed E-state index contributed by atoms with van der Waals surface area (Å²) >= 11 is 0. The van der Waals surface area contributed by atoms with Crippen LogP contribution in [0.3, 0.4) is 0 Å². The molecule has 138 valence electrons. The van der Waals surface area contributed by atoms with Crippen LogP contribution in [0.4, 0.5) is 4.39 Å². The molecule has 4 heterocycles. The molecule has 0 radical (unpaired) electrons. The number of fused-ring (bicyclic) bond motifs is 1. The quantitative estimate of drug-likeness (QED) is 0.841. The first-order valence-corrected chi connectivity index (χ1v) is 9.16. The second kappa shape index (κ2) is 6.83. The molecular formula is C20H24FN3O2. The molecule has 0 saturated carbocycles. The number of hydrogen-bond acceptors (Lipinski definition) is 5. The second-order valence-corrected chi connectivity index (χ2v) is 7.22. The van der Waals surface area contributed by atoms with Crippen LogP contribution in [0.5, 0.6) is 11.6 Å². The minimum absolute atomic E-state index is 0.0740. The van der Waals surface area contributed by atoms with Crippen LogP contribution in [-0.2, 0) is 13.0 Å². The molecule has 0 unspecified atom stereocenters. The summed E-state index contributed by atoms with van der Waals surface area (Å²) in [5.41, 5.74) is 3.22. The number of nitrogens with zero attached hydrogens (tertiary/aromatic N) is 3. The molecule has 4 rings (SSSR count). The van der Waals surface area contributed by atoms with Gasteiger partial charge in [-0.25, -0.2) is 9.37 Å². The number of halogens is 1. The monoisotopic (exact) mass is 357 g/mol. The zero-order valence-electron chi connectivity index (χ0n) is 15.5. The lowest BCUT2D eigenvalue weighted by Gasteiger charge is -2.25. The highest BCUT2D eigenvalue weighted by Gasteiger charge is 2.33. The summed E-state index contributed by atoms with van der Waals surface area (Å²) in [6, 6.07) is 5.67. The van der Waals surface area contributed by atoms with Gasteiger partial charge in [-0.05, 0) is 33.3 Å². The highest BCUT2D eigenvalue weighted by Crippen LogP contribution is 2.29. The Morgan fingerprint density at radius 3 is 2.77 bits per heavy atom. The topological polar surface area (TPSA) is 47.5 Å². The van der Waals surface area contributed by atoms with Crippen LogP contribution in [0, 0.1) is 19.7 Å². The number of hydrogen-bond donors (Lipinski definition) is 0. The Morgan fingerprint density at radius 2 is 2.00 bits per heavy atom. The number of pyridine rings is 2. The Labute approximate surface area is 153 Å². The van der Waals surface area contributed by atoms with Gasteiger partial charge >= 0.3 is 0 Å². The molecule has 2 aliphatic heterocycles. The molecule has 0 bridgehead atoms. The van der Waals surface area contributed by atoms with Gasteiger partial charge in [0.05, 0.1) is 12.3 Å². The van der Waals surface area contributed by atoms with Crippen molar-refractivity contribution in [2.75, 3.05) is 13.2 Å². The van der Waals surface area contributed by atoms with Gasteiger partial charge in [-0.15, -0.1) is 0 Å². The average molecular weight is 357 g/mol. The Balaban J connectivity index is 1.45. The van der Waals surface area contributed by atoms with Crippen molar-refractivity contribution in [3.63, 3.8) is 0 Å². The van der Waals surface area contributed by atoms with E-state index in [-0.39, 0.29) is 18.0 Å². The number of ether oxygens (including phenoxy) is 2. The van der Waals surface area contributed by atoms with Gasteiger partial charge in [-0.2, -0.15) is 0 Å². The molecule has 0 N–H and O–H groups in total. The standard InChI is InChI=1S/C20H24FN3O2/c1-12-8-16(9-13(2)22-12)26-19-4-6-24(14(19)3)11-18-17(21)10-15-5-7-25-20(15)23-18/h8-10,14,19H,4-7,11H2,1-3H3/t14-,19+/m0/s1. The summed E-state index contributed by atoms with van der Waals surface area (Å²) in [5, 5.41) is 0. The summed E-state index contributed by atoms with van der Waals surface area (Å²) < 4.78 is 26.1. The fourth-order valence-electron chi connectivity index (χ4n) is 3.80. The number of likely N-dealkylation sites (tertiary alicyclic amines) is 1. The SMILES string of the molecule is Cc1cc(O[C@@H]2CCN(Cc3nc4c(cc3F)CCO4)[C@H]2C)cc(C)n1. The maximum Gasteiger partial charge on any atom is 0.217 e. The van der Waals surface area contributed by atoms with Crippen molar-refractivity contribution in [2.24, 2.45) is 0 Å².